The lowest BCUT2D eigenvalue weighted by molar-refractivity contribution is -0.385. The molecule has 0 radical (unpaired) electrons. The lowest BCUT2D eigenvalue weighted by Crippen LogP contribution is -2.35. The number of carbonyl (C=O) groups excluding carboxylic acids is 2. The lowest BCUT2D eigenvalue weighted by atomic mass is 10.1. The number of nitro benzene ring substituents is 1. The number of rotatable bonds is 5. The van der Waals surface area contributed by atoms with Crippen molar-refractivity contribution < 1.29 is 14.5 Å². The van der Waals surface area contributed by atoms with E-state index in [1.807, 2.05) is 0 Å². The van der Waals surface area contributed by atoms with Crippen LogP contribution in [0.4, 0.5) is 11.4 Å². The molecule has 0 saturated carbocycles. The average Bonchev–Trinajstić information content (AvgIpc) is 2.44. The Labute approximate surface area is 115 Å². The standard InChI is InChI=1S/C13H15N3O4/c1-3-7-14-12(17)13(18)15-10-6-5-9(4-2)11(8-10)16(19)20/h3,5-6,8H,1,4,7H2,2H3,(H,14,17)(H,15,18). The molecule has 7 heteroatoms. The summed E-state index contributed by atoms with van der Waals surface area (Å²) in [6.45, 7) is 5.37. The quantitative estimate of drug-likeness (QED) is 0.367. The number of amides is 2. The lowest BCUT2D eigenvalue weighted by Gasteiger charge is -2.06. The van der Waals surface area contributed by atoms with E-state index in [-0.39, 0.29) is 17.9 Å². The minimum atomic E-state index is -0.884. The number of carbonyl (C=O) groups is 2. The molecule has 0 aromatic heterocycles. The summed E-state index contributed by atoms with van der Waals surface area (Å²) in [7, 11) is 0. The van der Waals surface area contributed by atoms with Crippen molar-refractivity contribution in [2.75, 3.05) is 11.9 Å². The minimum Gasteiger partial charge on any atom is -0.344 e. The maximum atomic E-state index is 11.5. The number of hydrogen-bond donors (Lipinski definition) is 2. The zero-order valence-electron chi connectivity index (χ0n) is 11.0. The van der Waals surface area contributed by atoms with Crippen LogP contribution in [0.2, 0.25) is 0 Å². The van der Waals surface area contributed by atoms with Gasteiger partial charge in [-0.2, -0.15) is 0 Å². The predicted octanol–water partition coefficient (Wildman–Crippen LogP) is 1.40. The van der Waals surface area contributed by atoms with Gasteiger partial charge in [-0.15, -0.1) is 6.58 Å². The van der Waals surface area contributed by atoms with Crippen LogP contribution < -0.4 is 10.6 Å². The third kappa shape index (κ3) is 3.91. The van der Waals surface area contributed by atoms with Gasteiger partial charge in [-0.1, -0.05) is 19.1 Å². The first kappa shape index (κ1) is 15.4. The first-order valence-electron chi connectivity index (χ1n) is 5.97. The summed E-state index contributed by atoms with van der Waals surface area (Å²) in [6.07, 6.45) is 1.94. The van der Waals surface area contributed by atoms with Gasteiger partial charge in [0.15, 0.2) is 0 Å². The molecule has 0 atom stereocenters. The Bertz CT molecular complexity index is 555. The zero-order valence-corrected chi connectivity index (χ0v) is 11.0. The van der Waals surface area contributed by atoms with Crippen LogP contribution in [-0.4, -0.2) is 23.3 Å². The predicted molar refractivity (Wildman–Crippen MR) is 74.3 cm³/mol. The number of nitro groups is 1. The first-order valence-corrected chi connectivity index (χ1v) is 5.97. The van der Waals surface area contributed by atoms with E-state index in [1.54, 1.807) is 13.0 Å². The highest BCUT2D eigenvalue weighted by atomic mass is 16.6. The van der Waals surface area contributed by atoms with Gasteiger partial charge in [0.1, 0.15) is 0 Å². The average molecular weight is 277 g/mol. The van der Waals surface area contributed by atoms with Gasteiger partial charge in [0.05, 0.1) is 4.92 Å². The summed E-state index contributed by atoms with van der Waals surface area (Å²) in [4.78, 5) is 33.2. The highest BCUT2D eigenvalue weighted by molar-refractivity contribution is 6.39. The third-order valence-electron chi connectivity index (χ3n) is 2.53. The number of hydrogen-bond acceptors (Lipinski definition) is 4. The molecule has 0 aliphatic carbocycles. The molecule has 0 saturated heterocycles. The van der Waals surface area contributed by atoms with Gasteiger partial charge in [0.25, 0.3) is 5.69 Å². The van der Waals surface area contributed by atoms with Crippen molar-refractivity contribution in [2.45, 2.75) is 13.3 Å². The molecule has 1 rings (SSSR count). The summed E-state index contributed by atoms with van der Waals surface area (Å²) in [5.74, 6) is -1.71. The minimum absolute atomic E-state index is 0.0863. The van der Waals surface area contributed by atoms with Crippen LogP contribution in [0.1, 0.15) is 12.5 Å². The maximum absolute atomic E-state index is 11.5. The third-order valence-corrected chi connectivity index (χ3v) is 2.53. The molecular weight excluding hydrogens is 262 g/mol. The molecule has 0 bridgehead atoms. The van der Waals surface area contributed by atoms with E-state index in [1.165, 1.54) is 18.2 Å². The normalized spacial score (nSPS) is 9.65. The Balaban J connectivity index is 2.85. The summed E-state index contributed by atoms with van der Waals surface area (Å²) in [5.41, 5.74) is 0.675. The van der Waals surface area contributed by atoms with Gasteiger partial charge in [-0.05, 0) is 12.5 Å². The topological polar surface area (TPSA) is 101 Å². The van der Waals surface area contributed by atoms with Gasteiger partial charge >= 0.3 is 11.8 Å². The summed E-state index contributed by atoms with van der Waals surface area (Å²) < 4.78 is 0. The van der Waals surface area contributed by atoms with Crippen LogP contribution in [0.3, 0.4) is 0 Å². The van der Waals surface area contributed by atoms with Crippen molar-refractivity contribution >= 4 is 23.2 Å². The molecular formula is C13H15N3O4. The van der Waals surface area contributed by atoms with Crippen molar-refractivity contribution in [2.24, 2.45) is 0 Å². The van der Waals surface area contributed by atoms with Gasteiger partial charge in [-0.25, -0.2) is 0 Å². The Morgan fingerprint density at radius 3 is 2.65 bits per heavy atom. The maximum Gasteiger partial charge on any atom is 0.313 e. The fraction of sp³-hybridized carbons (Fsp3) is 0.231. The molecule has 20 heavy (non-hydrogen) atoms. The molecule has 1 aromatic rings. The molecule has 7 nitrogen and oxygen atoms in total. The Kier molecular flexibility index (Phi) is 5.40. The second-order valence-electron chi connectivity index (χ2n) is 3.91. The van der Waals surface area contributed by atoms with Gasteiger partial charge < -0.3 is 10.6 Å². The monoisotopic (exact) mass is 277 g/mol. The van der Waals surface area contributed by atoms with Gasteiger partial charge in [0, 0.05) is 23.9 Å². The molecule has 106 valence electrons. The zero-order chi connectivity index (χ0) is 15.1. The fourth-order valence-corrected chi connectivity index (χ4v) is 1.54. The second kappa shape index (κ2) is 7.03. The van der Waals surface area contributed by atoms with E-state index in [0.717, 1.165) is 0 Å². The highest BCUT2D eigenvalue weighted by Gasteiger charge is 2.16. The fourth-order valence-electron chi connectivity index (χ4n) is 1.54. The molecule has 0 fully saturated rings. The molecule has 0 aliphatic rings. The van der Waals surface area contributed by atoms with E-state index in [9.17, 15) is 19.7 Å². The number of nitrogens with zero attached hydrogens (tertiary/aromatic N) is 1. The van der Waals surface area contributed by atoms with Crippen LogP contribution in [0.25, 0.3) is 0 Å². The number of aryl methyl sites for hydroxylation is 1. The van der Waals surface area contributed by atoms with E-state index in [4.69, 9.17) is 0 Å². The van der Waals surface area contributed by atoms with Crippen LogP contribution in [0.5, 0.6) is 0 Å². The van der Waals surface area contributed by atoms with E-state index in [0.29, 0.717) is 12.0 Å². The van der Waals surface area contributed by atoms with Crippen molar-refractivity contribution in [1.82, 2.24) is 5.32 Å². The molecule has 0 spiro atoms. The number of anilines is 1. The Hall–Kier alpha value is -2.70. The largest absolute Gasteiger partial charge is 0.344 e. The van der Waals surface area contributed by atoms with Gasteiger partial charge in [0.2, 0.25) is 0 Å². The van der Waals surface area contributed by atoms with E-state index >= 15 is 0 Å². The summed E-state index contributed by atoms with van der Waals surface area (Å²) in [5, 5.41) is 15.5. The number of benzene rings is 1. The Morgan fingerprint density at radius 2 is 2.10 bits per heavy atom. The van der Waals surface area contributed by atoms with Gasteiger partial charge in [-0.3, -0.25) is 19.7 Å². The highest BCUT2D eigenvalue weighted by Crippen LogP contribution is 2.23. The molecule has 0 aliphatic heterocycles. The van der Waals surface area contributed by atoms with Crippen molar-refractivity contribution in [3.8, 4) is 0 Å². The molecule has 2 amide bonds. The van der Waals surface area contributed by atoms with E-state index in [2.05, 4.69) is 17.2 Å². The van der Waals surface area contributed by atoms with Crippen LogP contribution >= 0.6 is 0 Å². The molecule has 1 aromatic carbocycles. The van der Waals surface area contributed by atoms with Crippen molar-refractivity contribution in [1.29, 1.82) is 0 Å². The summed E-state index contributed by atoms with van der Waals surface area (Å²) in [6, 6.07) is 4.30. The van der Waals surface area contributed by atoms with Crippen LogP contribution in [-0.2, 0) is 16.0 Å². The Morgan fingerprint density at radius 1 is 1.40 bits per heavy atom. The van der Waals surface area contributed by atoms with Crippen molar-refractivity contribution in [3.05, 3.63) is 46.5 Å². The van der Waals surface area contributed by atoms with Crippen LogP contribution in [0, 0.1) is 10.1 Å². The first-order chi connectivity index (χ1) is 9.49. The molecule has 0 unspecified atom stereocenters. The number of nitrogens with one attached hydrogen (secondary N) is 2. The SMILES string of the molecule is C=CCNC(=O)C(=O)Nc1ccc(CC)c([N+](=O)[O-])c1. The van der Waals surface area contributed by atoms with Crippen molar-refractivity contribution in [3.63, 3.8) is 0 Å². The summed E-state index contributed by atoms with van der Waals surface area (Å²) >= 11 is 0. The van der Waals surface area contributed by atoms with E-state index < -0.39 is 16.7 Å². The van der Waals surface area contributed by atoms with Crippen LogP contribution in [0.15, 0.2) is 30.9 Å². The second-order valence-corrected chi connectivity index (χ2v) is 3.91. The smallest absolute Gasteiger partial charge is 0.313 e. The molecule has 0 heterocycles. The molecule has 2 N–H and O–H groups in total.